The number of hydrogen-bond acceptors (Lipinski definition) is 7. The molecule has 8 heteroatoms. The first-order valence-electron chi connectivity index (χ1n) is 10.3. The number of nitriles is 1. The molecule has 0 radical (unpaired) electrons. The Hall–Kier alpha value is -3.96. The first-order valence-corrected chi connectivity index (χ1v) is 11.1. The van der Waals surface area contributed by atoms with E-state index in [-0.39, 0.29) is 11.8 Å². The maximum absolute atomic E-state index is 13.5. The van der Waals surface area contributed by atoms with Gasteiger partial charge in [0.15, 0.2) is 0 Å². The predicted molar refractivity (Wildman–Crippen MR) is 123 cm³/mol. The summed E-state index contributed by atoms with van der Waals surface area (Å²) in [6.07, 6.45) is 1.77. The van der Waals surface area contributed by atoms with E-state index in [1.807, 2.05) is 40.6 Å². The van der Waals surface area contributed by atoms with E-state index in [4.69, 9.17) is 5.26 Å². The van der Waals surface area contributed by atoms with E-state index < -0.39 is 0 Å². The molecule has 0 aliphatic carbocycles. The summed E-state index contributed by atoms with van der Waals surface area (Å²) in [5.41, 5.74) is 1.84. The smallest absolute Gasteiger partial charge is 0.282 e. The van der Waals surface area contributed by atoms with Gasteiger partial charge in [0.2, 0.25) is 0 Å². The molecular weight excluding hydrogens is 422 g/mol. The summed E-state index contributed by atoms with van der Waals surface area (Å²) in [5.74, 6) is 0.256. The maximum atomic E-state index is 13.5. The monoisotopic (exact) mass is 441 g/mol. The molecule has 0 unspecified atom stereocenters. The van der Waals surface area contributed by atoms with Gasteiger partial charge < -0.3 is 9.80 Å². The average molecular weight is 442 g/mol. The van der Waals surface area contributed by atoms with Crippen LogP contribution in [0.25, 0.3) is 5.57 Å². The molecule has 1 saturated heterocycles. The summed E-state index contributed by atoms with van der Waals surface area (Å²) in [6, 6.07) is 18.1. The second-order valence-electron chi connectivity index (χ2n) is 7.47. The number of anilines is 2. The molecule has 4 heterocycles. The van der Waals surface area contributed by atoms with Gasteiger partial charge in [0.1, 0.15) is 11.5 Å². The highest BCUT2D eigenvalue weighted by molar-refractivity contribution is 7.11. The Morgan fingerprint density at radius 3 is 2.25 bits per heavy atom. The largest absolute Gasteiger partial charge is 0.363 e. The third kappa shape index (κ3) is 3.43. The van der Waals surface area contributed by atoms with Crippen molar-refractivity contribution < 1.29 is 9.59 Å². The Morgan fingerprint density at radius 2 is 1.62 bits per heavy atom. The molecule has 2 amide bonds. The summed E-state index contributed by atoms with van der Waals surface area (Å²) < 4.78 is 0. The van der Waals surface area contributed by atoms with Crippen LogP contribution in [0.2, 0.25) is 0 Å². The fourth-order valence-electron chi connectivity index (χ4n) is 4.07. The lowest BCUT2D eigenvalue weighted by molar-refractivity contribution is -0.120. The van der Waals surface area contributed by atoms with Gasteiger partial charge in [-0.05, 0) is 47.8 Å². The number of pyridine rings is 1. The lowest BCUT2D eigenvalue weighted by atomic mass is 10.1. The predicted octanol–water partition coefficient (Wildman–Crippen LogP) is 3.12. The van der Waals surface area contributed by atoms with E-state index in [9.17, 15) is 9.59 Å². The molecule has 5 rings (SSSR count). The van der Waals surface area contributed by atoms with Gasteiger partial charge in [-0.2, -0.15) is 5.26 Å². The van der Waals surface area contributed by atoms with Gasteiger partial charge in [-0.1, -0.05) is 12.1 Å². The Balaban J connectivity index is 1.46. The highest BCUT2D eigenvalue weighted by atomic mass is 32.1. The molecule has 2 aliphatic heterocycles. The van der Waals surface area contributed by atoms with E-state index in [1.54, 1.807) is 30.5 Å². The highest BCUT2D eigenvalue weighted by Crippen LogP contribution is 2.37. The third-order valence-corrected chi connectivity index (χ3v) is 6.54. The zero-order valence-electron chi connectivity index (χ0n) is 17.1. The first kappa shape index (κ1) is 20.0. The number of imide groups is 1. The fraction of sp³-hybridized carbons (Fsp3) is 0.167. The van der Waals surface area contributed by atoms with Crippen LogP contribution in [-0.4, -0.2) is 47.9 Å². The van der Waals surface area contributed by atoms with Crippen LogP contribution in [-0.2, 0) is 9.59 Å². The van der Waals surface area contributed by atoms with E-state index in [0.29, 0.717) is 48.7 Å². The average Bonchev–Trinajstić information content (AvgIpc) is 3.46. The van der Waals surface area contributed by atoms with Crippen LogP contribution in [0.15, 0.2) is 71.9 Å². The van der Waals surface area contributed by atoms with Gasteiger partial charge in [0.05, 0.1) is 22.9 Å². The Morgan fingerprint density at radius 1 is 0.875 bits per heavy atom. The van der Waals surface area contributed by atoms with Crippen LogP contribution in [0.5, 0.6) is 0 Å². The lowest BCUT2D eigenvalue weighted by Crippen LogP contribution is -2.48. The van der Waals surface area contributed by atoms with Crippen LogP contribution >= 0.6 is 11.3 Å². The molecule has 32 heavy (non-hydrogen) atoms. The third-order valence-electron chi connectivity index (χ3n) is 5.65. The van der Waals surface area contributed by atoms with E-state index in [2.05, 4.69) is 16.0 Å². The highest BCUT2D eigenvalue weighted by Gasteiger charge is 2.43. The minimum absolute atomic E-state index is 0.325. The van der Waals surface area contributed by atoms with Crippen molar-refractivity contribution in [3.8, 4) is 6.07 Å². The minimum atomic E-state index is -0.329. The number of carbonyl (C=O) groups excluding carboxylic acids is 2. The molecule has 7 nitrogen and oxygen atoms in total. The summed E-state index contributed by atoms with van der Waals surface area (Å²) in [7, 11) is 0. The Bertz CT molecular complexity index is 1220. The van der Waals surface area contributed by atoms with Crippen molar-refractivity contribution in [2.75, 3.05) is 36.0 Å². The molecule has 1 fully saturated rings. The number of amides is 2. The molecule has 0 saturated carbocycles. The zero-order chi connectivity index (χ0) is 22.1. The van der Waals surface area contributed by atoms with Crippen molar-refractivity contribution in [2.45, 2.75) is 0 Å². The van der Waals surface area contributed by atoms with Crippen LogP contribution in [0.1, 0.15) is 10.4 Å². The van der Waals surface area contributed by atoms with E-state index >= 15 is 0 Å². The van der Waals surface area contributed by atoms with E-state index in [1.165, 1.54) is 16.2 Å². The standard InChI is InChI=1S/C24H19N5O2S/c25-16-17-6-8-18(9-7-17)29-23(30)21(19-4-3-15-32-19)22(24(29)31)28-13-11-27(12-14-28)20-5-1-2-10-26-20/h1-10,15H,11-14H2. The maximum Gasteiger partial charge on any atom is 0.282 e. The number of rotatable bonds is 4. The number of benzene rings is 1. The van der Waals surface area contributed by atoms with Crippen molar-refractivity contribution in [1.29, 1.82) is 5.26 Å². The number of piperazine rings is 1. The molecule has 2 aromatic heterocycles. The molecule has 0 N–H and O–H groups in total. The van der Waals surface area contributed by atoms with Crippen LogP contribution in [0, 0.1) is 11.3 Å². The normalized spacial score (nSPS) is 16.7. The van der Waals surface area contributed by atoms with Gasteiger partial charge in [-0.3, -0.25) is 9.59 Å². The molecular formula is C24H19N5O2S. The second kappa shape index (κ2) is 8.29. The summed E-state index contributed by atoms with van der Waals surface area (Å²) in [4.78, 5) is 37.6. The van der Waals surface area contributed by atoms with Crippen LogP contribution in [0.4, 0.5) is 11.5 Å². The molecule has 0 spiro atoms. The van der Waals surface area contributed by atoms with Gasteiger partial charge in [-0.15, -0.1) is 11.3 Å². The molecule has 158 valence electrons. The molecule has 1 aromatic carbocycles. The van der Waals surface area contributed by atoms with Crippen LogP contribution in [0.3, 0.4) is 0 Å². The first-order chi connectivity index (χ1) is 15.7. The molecule has 0 atom stereocenters. The van der Waals surface area contributed by atoms with Gasteiger partial charge in [0, 0.05) is 37.3 Å². The Kier molecular flexibility index (Phi) is 5.17. The van der Waals surface area contributed by atoms with Crippen molar-refractivity contribution in [2.24, 2.45) is 0 Å². The van der Waals surface area contributed by atoms with Gasteiger partial charge in [-0.25, -0.2) is 9.88 Å². The second-order valence-corrected chi connectivity index (χ2v) is 8.42. The van der Waals surface area contributed by atoms with Crippen molar-refractivity contribution >= 4 is 40.2 Å². The minimum Gasteiger partial charge on any atom is -0.363 e. The summed E-state index contributed by atoms with van der Waals surface area (Å²) in [5, 5.41) is 11.0. The number of aromatic nitrogens is 1. The van der Waals surface area contributed by atoms with Crippen molar-refractivity contribution in [3.63, 3.8) is 0 Å². The topological polar surface area (TPSA) is 80.5 Å². The summed E-state index contributed by atoms with van der Waals surface area (Å²) >= 11 is 1.45. The lowest BCUT2D eigenvalue weighted by Gasteiger charge is -2.37. The molecule has 3 aromatic rings. The molecule has 0 bridgehead atoms. The van der Waals surface area contributed by atoms with E-state index in [0.717, 1.165) is 10.7 Å². The molecule has 2 aliphatic rings. The van der Waals surface area contributed by atoms with Crippen LogP contribution < -0.4 is 9.80 Å². The summed E-state index contributed by atoms with van der Waals surface area (Å²) in [6.45, 7) is 2.63. The zero-order valence-corrected chi connectivity index (χ0v) is 18.0. The van der Waals surface area contributed by atoms with Gasteiger partial charge >= 0.3 is 0 Å². The number of thiophene rings is 1. The van der Waals surface area contributed by atoms with Crippen molar-refractivity contribution in [3.05, 3.63) is 82.3 Å². The number of hydrogen-bond donors (Lipinski definition) is 0. The number of nitrogens with zero attached hydrogens (tertiary/aromatic N) is 5. The SMILES string of the molecule is N#Cc1ccc(N2C(=O)C(c3cccs3)=C(N3CCN(c4ccccn4)CC3)C2=O)cc1. The quantitative estimate of drug-likeness (QED) is 0.579. The Labute approximate surface area is 189 Å². The van der Waals surface area contributed by atoms with Gasteiger partial charge in [0.25, 0.3) is 11.8 Å². The van der Waals surface area contributed by atoms with Crippen molar-refractivity contribution in [1.82, 2.24) is 9.88 Å². The number of carbonyl (C=O) groups is 2. The fourth-order valence-corrected chi connectivity index (χ4v) is 4.84.